The zero-order valence-electron chi connectivity index (χ0n) is 48.7. The van der Waals surface area contributed by atoms with Gasteiger partial charge in [-0.1, -0.05) is 151 Å². The van der Waals surface area contributed by atoms with Crippen LogP contribution in [0.15, 0.2) is 105 Å². The first-order chi connectivity index (χ1) is 38.5. The predicted molar refractivity (Wildman–Crippen MR) is 328 cm³/mol. The summed E-state index contributed by atoms with van der Waals surface area (Å²) in [4.78, 5) is 50.9. The Kier molecular flexibility index (Phi) is 26.3. The zero-order valence-corrected chi connectivity index (χ0v) is 49.5. The Morgan fingerprint density at radius 2 is 0.690 bits per heavy atom. The molecule has 23 heteroatoms. The van der Waals surface area contributed by atoms with Gasteiger partial charge in [0, 0.05) is 56.2 Å². The van der Waals surface area contributed by atoms with E-state index in [1.54, 1.807) is 53.4 Å². The van der Waals surface area contributed by atoms with E-state index in [0.29, 0.717) is 52.2 Å². The van der Waals surface area contributed by atoms with E-state index in [-0.39, 0.29) is 69.9 Å². The average Bonchev–Trinajstić information content (AvgIpc) is 4.05. The minimum absolute atomic E-state index is 0. The third kappa shape index (κ3) is 18.5. The van der Waals surface area contributed by atoms with Crippen molar-refractivity contribution in [3.05, 3.63) is 160 Å². The van der Waals surface area contributed by atoms with Gasteiger partial charge >= 0.3 is 0 Å². The van der Waals surface area contributed by atoms with Crippen molar-refractivity contribution in [3.8, 4) is 34.2 Å². The van der Waals surface area contributed by atoms with Crippen LogP contribution in [0.4, 0.5) is 3.89 Å². The molecule has 0 bridgehead atoms. The molecule has 3 aromatic carbocycles. The van der Waals surface area contributed by atoms with E-state index in [1.165, 1.54) is 6.26 Å². The molecule has 0 saturated carbocycles. The van der Waals surface area contributed by atoms with E-state index in [4.69, 9.17) is 13.6 Å². The summed E-state index contributed by atoms with van der Waals surface area (Å²) in [5.74, 6) is 2.70. The molecule has 84 heavy (non-hydrogen) atoms. The monoisotopic (exact) mass is 1170 g/mol. The fourth-order valence-corrected chi connectivity index (χ4v) is 7.89. The molecule has 3 atom stereocenters. The molecular formula is C61H84FN15O6S. The maximum absolute atomic E-state index is 12.5. The Hall–Kier alpha value is -8.60. The van der Waals surface area contributed by atoms with Crippen LogP contribution >= 0.6 is 12.1 Å². The lowest BCUT2D eigenvalue weighted by Gasteiger charge is -2.09. The normalized spacial score (nSPS) is 11.7. The largest absolute Gasteiger partial charge is 0.339 e. The Labute approximate surface area is 497 Å². The summed E-state index contributed by atoms with van der Waals surface area (Å²) in [6, 6.07) is 27.8. The number of carbonyl (C=O) groups excluding carboxylic acids is 3. The van der Waals surface area contributed by atoms with Gasteiger partial charge in [-0.05, 0) is 95.7 Å². The van der Waals surface area contributed by atoms with Crippen LogP contribution < -0.4 is 16.0 Å². The summed E-state index contributed by atoms with van der Waals surface area (Å²) < 4.78 is 31.0. The fraction of sp³-hybridized carbons (Fsp3) is 0.410. The first kappa shape index (κ1) is 69.7. The Balaban J connectivity index is 0.000000317. The summed E-state index contributed by atoms with van der Waals surface area (Å²) in [6.07, 6.45) is 1.38. The van der Waals surface area contributed by atoms with Crippen molar-refractivity contribution in [2.24, 2.45) is 21.1 Å². The van der Waals surface area contributed by atoms with Gasteiger partial charge in [0.05, 0.1) is 17.1 Å². The van der Waals surface area contributed by atoms with Crippen molar-refractivity contribution < 1.29 is 31.8 Å². The summed E-state index contributed by atoms with van der Waals surface area (Å²) in [5, 5.41) is 33.8. The first-order valence-corrected chi connectivity index (χ1v) is 27.5. The lowest BCUT2D eigenvalue weighted by Crippen LogP contribution is -2.28. The van der Waals surface area contributed by atoms with Crippen molar-refractivity contribution in [2.45, 2.75) is 141 Å². The third-order valence-corrected chi connectivity index (χ3v) is 12.5. The summed E-state index contributed by atoms with van der Waals surface area (Å²) >= 11 is 0.250. The molecule has 0 fully saturated rings. The summed E-state index contributed by atoms with van der Waals surface area (Å²) in [6.45, 7) is 23.7. The van der Waals surface area contributed by atoms with E-state index < -0.39 is 18.1 Å². The smallest absolute Gasteiger partial charge is 0.270 e. The van der Waals surface area contributed by atoms with Gasteiger partial charge in [0.15, 0.2) is 0 Å². The van der Waals surface area contributed by atoms with Crippen LogP contribution in [0.3, 0.4) is 0 Å². The SMILES string of the molecule is C.C.C.CSF.Cc1cccc(-c2noc(C(C)NC(=O)c3cc(C(C)C)nn3C)n2)c1.Cc1cccc(-c2noc([C@@H](C)NC(=O)c3cc(C(C)C)nn3C)n2)c1.Cc1cccc(-c2noc([C@H](C)NC(=O)c3cc(C(C)C)nn3C)n2)c1. The van der Waals surface area contributed by atoms with Crippen LogP contribution in [0.2, 0.25) is 0 Å². The van der Waals surface area contributed by atoms with Crippen molar-refractivity contribution >= 4 is 29.9 Å². The van der Waals surface area contributed by atoms with E-state index in [0.717, 1.165) is 50.5 Å². The van der Waals surface area contributed by atoms with Gasteiger partial charge in [0.2, 0.25) is 35.1 Å². The Bertz CT molecular complexity index is 3170. The molecule has 0 aliphatic carbocycles. The number of benzene rings is 3. The van der Waals surface area contributed by atoms with Gasteiger partial charge < -0.3 is 29.5 Å². The second-order valence-electron chi connectivity index (χ2n) is 20.4. The van der Waals surface area contributed by atoms with E-state index >= 15 is 0 Å². The molecule has 0 spiro atoms. The minimum atomic E-state index is -0.411. The van der Waals surface area contributed by atoms with Crippen molar-refractivity contribution in [1.82, 2.24) is 75.7 Å². The van der Waals surface area contributed by atoms with Gasteiger partial charge in [0.1, 0.15) is 35.2 Å². The molecule has 6 heterocycles. The quantitative estimate of drug-likeness (QED) is 0.0862. The van der Waals surface area contributed by atoms with E-state index in [1.807, 2.05) is 156 Å². The number of amides is 3. The molecule has 3 N–H and O–H groups in total. The molecule has 21 nitrogen and oxygen atoms in total. The minimum Gasteiger partial charge on any atom is -0.339 e. The lowest BCUT2D eigenvalue weighted by molar-refractivity contribution is 0.0915. The van der Waals surface area contributed by atoms with E-state index in [2.05, 4.69) is 61.7 Å². The maximum atomic E-state index is 12.5. The molecule has 6 aromatic heterocycles. The lowest BCUT2D eigenvalue weighted by atomic mass is 10.1. The number of hydrogen-bond acceptors (Lipinski definition) is 16. The molecule has 3 amide bonds. The number of aryl methyl sites for hydroxylation is 6. The van der Waals surface area contributed by atoms with Gasteiger partial charge in [-0.25, -0.2) is 0 Å². The number of aromatic nitrogens is 12. The molecule has 9 aromatic rings. The first-order valence-electron chi connectivity index (χ1n) is 26.4. The second kappa shape index (κ2) is 31.7. The number of halogens is 1. The summed E-state index contributed by atoms with van der Waals surface area (Å²) in [5.41, 5.74) is 10.1. The molecular weight excluding hydrogens is 1090 g/mol. The highest BCUT2D eigenvalue weighted by atomic mass is 32.2. The highest BCUT2D eigenvalue weighted by Crippen LogP contribution is 2.24. The van der Waals surface area contributed by atoms with Crippen molar-refractivity contribution in [3.63, 3.8) is 0 Å². The molecule has 0 radical (unpaired) electrons. The number of nitrogens with one attached hydrogen (secondary N) is 3. The molecule has 452 valence electrons. The van der Waals surface area contributed by atoms with Crippen LogP contribution in [0.5, 0.6) is 0 Å². The molecule has 0 aliphatic rings. The molecule has 0 saturated heterocycles. The fourth-order valence-electron chi connectivity index (χ4n) is 7.89. The summed E-state index contributed by atoms with van der Waals surface area (Å²) in [7, 11) is 5.27. The molecule has 0 aliphatic heterocycles. The standard InChI is InChI=1S/3C19H23N5O2.CH3FS.3CH4/c3*1-11(2)15-10-16(24(5)22-15)18(25)20-13(4)19-21-17(23-26-19)14-8-6-7-12(3)9-14;1-3-2;;;/h3*6-11,13H,1-5H3,(H,20,25);1H3;3*1H4/t2*13-;;;;;/m10...../s1. The molecule has 9 rings (SSSR count). The number of rotatable bonds is 15. The predicted octanol–water partition coefficient (Wildman–Crippen LogP) is 13.3. The highest BCUT2D eigenvalue weighted by molar-refractivity contribution is 7.93. The van der Waals surface area contributed by atoms with Gasteiger partial charge in [-0.15, -0.1) is 0 Å². The van der Waals surface area contributed by atoms with Crippen LogP contribution in [-0.4, -0.2) is 83.7 Å². The van der Waals surface area contributed by atoms with Crippen LogP contribution in [0, 0.1) is 20.8 Å². The van der Waals surface area contributed by atoms with Gasteiger partial charge in [-0.2, -0.15) is 34.1 Å². The number of carbonyl (C=O) groups is 3. The second-order valence-corrected chi connectivity index (χ2v) is 20.7. The van der Waals surface area contributed by atoms with E-state index in [9.17, 15) is 18.3 Å². The average molecular weight is 1170 g/mol. The van der Waals surface area contributed by atoms with Crippen LogP contribution in [0.1, 0.15) is 203 Å². The van der Waals surface area contributed by atoms with Crippen LogP contribution in [0.25, 0.3) is 34.2 Å². The maximum Gasteiger partial charge on any atom is 0.270 e. The van der Waals surface area contributed by atoms with Crippen LogP contribution in [-0.2, 0) is 21.1 Å². The van der Waals surface area contributed by atoms with Crippen molar-refractivity contribution in [1.29, 1.82) is 0 Å². The third-order valence-electron chi connectivity index (χ3n) is 12.5. The van der Waals surface area contributed by atoms with Gasteiger partial charge in [-0.3, -0.25) is 28.4 Å². The zero-order chi connectivity index (χ0) is 59.2. The van der Waals surface area contributed by atoms with Crippen molar-refractivity contribution in [2.75, 3.05) is 6.26 Å². The molecule has 1 unspecified atom stereocenters. The Morgan fingerprint density at radius 1 is 0.452 bits per heavy atom. The number of hydrogen-bond donors (Lipinski definition) is 3. The highest BCUT2D eigenvalue weighted by Gasteiger charge is 2.25. The Morgan fingerprint density at radius 3 is 0.893 bits per heavy atom. The van der Waals surface area contributed by atoms with Gasteiger partial charge in [0.25, 0.3) is 17.7 Å². The topological polar surface area (TPSA) is 258 Å². The number of nitrogens with zero attached hydrogens (tertiary/aromatic N) is 12.